The lowest BCUT2D eigenvalue weighted by atomic mass is 10.3. The molecule has 0 bridgehead atoms. The molecule has 0 aliphatic heterocycles. The fourth-order valence-electron chi connectivity index (χ4n) is 1.12. The van der Waals surface area contributed by atoms with E-state index in [0.29, 0.717) is 5.02 Å². The molecule has 2 rings (SSSR count). The van der Waals surface area contributed by atoms with Crippen LogP contribution >= 0.6 is 11.6 Å². The predicted octanol–water partition coefficient (Wildman–Crippen LogP) is 2.52. The highest BCUT2D eigenvalue weighted by Crippen LogP contribution is 2.17. The minimum absolute atomic E-state index is 0.666. The van der Waals surface area contributed by atoms with Gasteiger partial charge in [-0.1, -0.05) is 11.6 Å². The summed E-state index contributed by atoms with van der Waals surface area (Å²) in [4.78, 5) is 7.26. The van der Waals surface area contributed by atoms with Crippen LogP contribution in [-0.2, 0) is 0 Å². The van der Waals surface area contributed by atoms with E-state index in [2.05, 4.69) is 9.97 Å². The van der Waals surface area contributed by atoms with Crippen LogP contribution in [0.3, 0.4) is 0 Å². The monoisotopic (exact) mass is 166 g/mol. The molecule has 0 unspecified atom stereocenters. The summed E-state index contributed by atoms with van der Waals surface area (Å²) in [5.41, 5.74) is 3.14. The van der Waals surface area contributed by atoms with Crippen molar-refractivity contribution in [2.24, 2.45) is 0 Å². The third-order valence-electron chi connectivity index (χ3n) is 1.67. The quantitative estimate of drug-likeness (QED) is 0.640. The first-order valence-corrected chi connectivity index (χ1v) is 3.74. The molecule has 2 nitrogen and oxygen atoms in total. The Kier molecular flexibility index (Phi) is 1.36. The molecule has 0 atom stereocenters. The normalized spacial score (nSPS) is 10.7. The molecule has 2 aromatic rings. The molecule has 56 valence electrons. The second kappa shape index (κ2) is 2.24. The van der Waals surface area contributed by atoms with Crippen LogP contribution in [0.25, 0.3) is 11.0 Å². The summed E-state index contributed by atoms with van der Waals surface area (Å²) in [5.74, 6) is 0. The topological polar surface area (TPSA) is 28.7 Å². The maximum absolute atomic E-state index is 5.75. The number of hydrogen-bond donors (Lipinski definition) is 1. The summed E-state index contributed by atoms with van der Waals surface area (Å²) in [5, 5.41) is 0.666. The molecule has 0 amide bonds. The third kappa shape index (κ3) is 0.994. The van der Waals surface area contributed by atoms with Crippen LogP contribution in [-0.4, -0.2) is 9.97 Å². The Balaban J connectivity index is 2.86. The van der Waals surface area contributed by atoms with Crippen molar-refractivity contribution in [2.45, 2.75) is 6.92 Å². The standard InChI is InChI=1S/C8H7ClN2/c1-5-3-10-7-2-6(9)4-11-8(5)7/h2-4,10H,1H3. The van der Waals surface area contributed by atoms with Crippen molar-refractivity contribution in [1.82, 2.24) is 9.97 Å². The number of halogens is 1. The number of nitrogens with one attached hydrogen (secondary N) is 1. The van der Waals surface area contributed by atoms with Crippen LogP contribution in [0.4, 0.5) is 0 Å². The van der Waals surface area contributed by atoms with E-state index < -0.39 is 0 Å². The number of aromatic amines is 1. The molecule has 0 fully saturated rings. The summed E-state index contributed by atoms with van der Waals surface area (Å²) in [6.07, 6.45) is 3.58. The summed E-state index contributed by atoms with van der Waals surface area (Å²) in [6.45, 7) is 2.01. The van der Waals surface area contributed by atoms with E-state index in [9.17, 15) is 0 Å². The summed E-state index contributed by atoms with van der Waals surface area (Å²) >= 11 is 5.75. The zero-order chi connectivity index (χ0) is 7.84. The zero-order valence-corrected chi connectivity index (χ0v) is 6.81. The number of rotatable bonds is 0. The maximum Gasteiger partial charge on any atom is 0.0909 e. The van der Waals surface area contributed by atoms with Crippen LogP contribution in [0.2, 0.25) is 5.02 Å². The van der Waals surface area contributed by atoms with Gasteiger partial charge in [0.15, 0.2) is 0 Å². The second-order valence-corrected chi connectivity index (χ2v) is 2.96. The number of pyridine rings is 1. The minimum Gasteiger partial charge on any atom is -0.360 e. The van der Waals surface area contributed by atoms with Crippen molar-refractivity contribution in [3.05, 3.63) is 29.0 Å². The van der Waals surface area contributed by atoms with Gasteiger partial charge in [-0.25, -0.2) is 0 Å². The van der Waals surface area contributed by atoms with Crippen molar-refractivity contribution < 1.29 is 0 Å². The molecule has 2 aromatic heterocycles. The summed E-state index contributed by atoms with van der Waals surface area (Å²) in [7, 11) is 0. The van der Waals surface area contributed by atoms with Gasteiger partial charge in [0, 0.05) is 12.4 Å². The Morgan fingerprint density at radius 1 is 1.55 bits per heavy atom. The molecule has 0 aliphatic rings. The van der Waals surface area contributed by atoms with Gasteiger partial charge in [0.2, 0.25) is 0 Å². The van der Waals surface area contributed by atoms with Crippen molar-refractivity contribution in [3.8, 4) is 0 Å². The molecule has 2 heterocycles. The number of fused-ring (bicyclic) bond motifs is 1. The highest BCUT2D eigenvalue weighted by atomic mass is 35.5. The van der Waals surface area contributed by atoms with Gasteiger partial charge in [-0.2, -0.15) is 0 Å². The molecule has 0 radical (unpaired) electrons. The molecule has 0 spiro atoms. The van der Waals surface area contributed by atoms with Crippen molar-refractivity contribution in [3.63, 3.8) is 0 Å². The lowest BCUT2D eigenvalue weighted by Gasteiger charge is -1.90. The molecular weight excluding hydrogens is 160 g/mol. The highest BCUT2D eigenvalue weighted by molar-refractivity contribution is 6.31. The molecule has 11 heavy (non-hydrogen) atoms. The van der Waals surface area contributed by atoms with Gasteiger partial charge in [0.25, 0.3) is 0 Å². The first-order chi connectivity index (χ1) is 5.27. The lowest BCUT2D eigenvalue weighted by molar-refractivity contribution is 1.39. The minimum atomic E-state index is 0.666. The lowest BCUT2D eigenvalue weighted by Crippen LogP contribution is -1.75. The fraction of sp³-hybridized carbons (Fsp3) is 0.125. The zero-order valence-electron chi connectivity index (χ0n) is 6.06. The van der Waals surface area contributed by atoms with Gasteiger partial charge in [-0.3, -0.25) is 4.98 Å². The number of hydrogen-bond acceptors (Lipinski definition) is 1. The van der Waals surface area contributed by atoms with Gasteiger partial charge in [-0.05, 0) is 18.6 Å². The Labute approximate surface area is 69.2 Å². The number of aromatic nitrogens is 2. The Morgan fingerprint density at radius 2 is 2.36 bits per heavy atom. The van der Waals surface area contributed by atoms with E-state index >= 15 is 0 Å². The molecule has 0 saturated heterocycles. The van der Waals surface area contributed by atoms with Crippen LogP contribution < -0.4 is 0 Å². The van der Waals surface area contributed by atoms with E-state index in [0.717, 1.165) is 16.6 Å². The highest BCUT2D eigenvalue weighted by Gasteiger charge is 1.99. The Hall–Kier alpha value is -1.02. The van der Waals surface area contributed by atoms with Gasteiger partial charge in [-0.15, -0.1) is 0 Å². The van der Waals surface area contributed by atoms with Crippen molar-refractivity contribution in [2.75, 3.05) is 0 Å². The second-order valence-electron chi connectivity index (χ2n) is 2.52. The van der Waals surface area contributed by atoms with E-state index in [-0.39, 0.29) is 0 Å². The largest absolute Gasteiger partial charge is 0.360 e. The van der Waals surface area contributed by atoms with Gasteiger partial charge in [0.1, 0.15) is 0 Å². The smallest absolute Gasteiger partial charge is 0.0909 e. The average molecular weight is 167 g/mol. The van der Waals surface area contributed by atoms with E-state index in [4.69, 9.17) is 11.6 Å². The number of nitrogens with zero attached hydrogens (tertiary/aromatic N) is 1. The summed E-state index contributed by atoms with van der Waals surface area (Å²) in [6, 6.07) is 1.87. The SMILES string of the molecule is Cc1c[nH]c2cc(Cl)cnc12. The predicted molar refractivity (Wildman–Crippen MR) is 45.8 cm³/mol. The van der Waals surface area contributed by atoms with Crippen LogP contribution in [0.1, 0.15) is 5.56 Å². The van der Waals surface area contributed by atoms with Gasteiger partial charge >= 0.3 is 0 Å². The Morgan fingerprint density at radius 3 is 3.18 bits per heavy atom. The van der Waals surface area contributed by atoms with Crippen molar-refractivity contribution >= 4 is 22.6 Å². The molecule has 0 aliphatic carbocycles. The molecule has 3 heteroatoms. The molecule has 1 N–H and O–H groups in total. The van der Waals surface area contributed by atoms with E-state index in [1.807, 2.05) is 19.2 Å². The Bertz CT molecular complexity index is 392. The summed E-state index contributed by atoms with van der Waals surface area (Å²) < 4.78 is 0. The van der Waals surface area contributed by atoms with E-state index in [1.165, 1.54) is 0 Å². The molecule has 0 aromatic carbocycles. The van der Waals surface area contributed by atoms with Gasteiger partial charge < -0.3 is 4.98 Å². The first-order valence-electron chi connectivity index (χ1n) is 3.36. The van der Waals surface area contributed by atoms with Crippen LogP contribution in [0, 0.1) is 6.92 Å². The number of H-pyrrole nitrogens is 1. The molecular formula is C8H7ClN2. The van der Waals surface area contributed by atoms with Gasteiger partial charge in [0.05, 0.1) is 16.1 Å². The first kappa shape index (κ1) is 6.68. The average Bonchev–Trinajstić information content (AvgIpc) is 2.32. The van der Waals surface area contributed by atoms with Crippen LogP contribution in [0.15, 0.2) is 18.5 Å². The fourth-order valence-corrected chi connectivity index (χ4v) is 1.28. The maximum atomic E-state index is 5.75. The van der Waals surface area contributed by atoms with E-state index in [1.54, 1.807) is 6.20 Å². The number of aryl methyl sites for hydroxylation is 1. The molecule has 0 saturated carbocycles. The van der Waals surface area contributed by atoms with Crippen LogP contribution in [0.5, 0.6) is 0 Å². The van der Waals surface area contributed by atoms with Crippen molar-refractivity contribution in [1.29, 1.82) is 0 Å². The third-order valence-corrected chi connectivity index (χ3v) is 1.88.